The zero-order chi connectivity index (χ0) is 15.1. The smallest absolute Gasteiger partial charge is 0.227 e. The van der Waals surface area contributed by atoms with E-state index in [1.807, 2.05) is 23.1 Å². The number of anilines is 1. The fourth-order valence-corrected chi connectivity index (χ4v) is 3.05. The van der Waals surface area contributed by atoms with Crippen molar-refractivity contribution in [2.45, 2.75) is 64.3 Å². The molecule has 0 spiro atoms. The largest absolute Gasteiger partial charge is 0.326 e. The van der Waals surface area contributed by atoms with Crippen molar-refractivity contribution in [3.63, 3.8) is 0 Å². The van der Waals surface area contributed by atoms with Crippen LogP contribution in [0.25, 0.3) is 0 Å². The number of carbonyl (C=O) groups is 1. The molecule has 2 N–H and O–H groups in total. The minimum atomic E-state index is 0.0633. The number of hydrogen-bond acceptors (Lipinski definition) is 2. The standard InChI is InChI=1S/C18H28N2O/c1-2-3-4-5-6-7-12-18(21)20-14-16(19)13-15-10-8-9-11-17(15)20/h8-11,16H,2-7,12-14,19H2,1H3. The van der Waals surface area contributed by atoms with Gasteiger partial charge in [-0.15, -0.1) is 0 Å². The van der Waals surface area contributed by atoms with Crippen LogP contribution in [-0.2, 0) is 11.2 Å². The van der Waals surface area contributed by atoms with Crippen LogP contribution in [0.15, 0.2) is 24.3 Å². The SMILES string of the molecule is CCCCCCCCC(=O)N1CC(N)Cc2ccccc21. The van der Waals surface area contributed by atoms with Crippen LogP contribution in [0.4, 0.5) is 5.69 Å². The molecule has 0 radical (unpaired) electrons. The van der Waals surface area contributed by atoms with Crippen molar-refractivity contribution in [3.8, 4) is 0 Å². The minimum Gasteiger partial charge on any atom is -0.326 e. The number of benzene rings is 1. The molecule has 0 fully saturated rings. The Hall–Kier alpha value is -1.35. The molecule has 3 heteroatoms. The molecule has 1 aromatic carbocycles. The normalized spacial score (nSPS) is 17.6. The molecule has 0 aromatic heterocycles. The third-order valence-electron chi connectivity index (χ3n) is 4.23. The van der Waals surface area contributed by atoms with Gasteiger partial charge in [0.15, 0.2) is 0 Å². The summed E-state index contributed by atoms with van der Waals surface area (Å²) >= 11 is 0. The highest BCUT2D eigenvalue weighted by atomic mass is 16.2. The van der Waals surface area contributed by atoms with E-state index in [0.717, 1.165) is 24.9 Å². The summed E-state index contributed by atoms with van der Waals surface area (Å²) in [5.41, 5.74) is 8.36. The minimum absolute atomic E-state index is 0.0633. The Balaban J connectivity index is 1.85. The van der Waals surface area contributed by atoms with Crippen LogP contribution in [0, 0.1) is 0 Å². The molecule has 2 rings (SSSR count). The lowest BCUT2D eigenvalue weighted by Crippen LogP contribution is -2.46. The molecular weight excluding hydrogens is 260 g/mol. The highest BCUT2D eigenvalue weighted by Gasteiger charge is 2.25. The summed E-state index contributed by atoms with van der Waals surface area (Å²) in [4.78, 5) is 14.4. The molecule has 21 heavy (non-hydrogen) atoms. The van der Waals surface area contributed by atoms with E-state index in [1.165, 1.54) is 31.2 Å². The lowest BCUT2D eigenvalue weighted by molar-refractivity contribution is -0.118. The zero-order valence-corrected chi connectivity index (χ0v) is 13.2. The molecule has 1 heterocycles. The predicted octanol–water partition coefficient (Wildman–Crippen LogP) is 3.65. The van der Waals surface area contributed by atoms with Crippen molar-refractivity contribution < 1.29 is 4.79 Å². The van der Waals surface area contributed by atoms with Gasteiger partial charge in [-0.2, -0.15) is 0 Å². The Morgan fingerprint density at radius 3 is 2.71 bits per heavy atom. The molecular formula is C18H28N2O. The monoisotopic (exact) mass is 288 g/mol. The second-order valence-electron chi connectivity index (χ2n) is 6.12. The third kappa shape index (κ3) is 4.57. The van der Waals surface area contributed by atoms with E-state index in [-0.39, 0.29) is 11.9 Å². The first-order chi connectivity index (χ1) is 10.2. The zero-order valence-electron chi connectivity index (χ0n) is 13.2. The molecule has 1 amide bonds. The molecule has 1 atom stereocenters. The van der Waals surface area contributed by atoms with Gasteiger partial charge in [0.05, 0.1) is 0 Å². The number of carbonyl (C=O) groups excluding carboxylic acids is 1. The molecule has 0 saturated heterocycles. The highest BCUT2D eigenvalue weighted by molar-refractivity contribution is 5.94. The van der Waals surface area contributed by atoms with Gasteiger partial charge in [0.25, 0.3) is 0 Å². The lowest BCUT2D eigenvalue weighted by Gasteiger charge is -2.33. The lowest BCUT2D eigenvalue weighted by atomic mass is 9.98. The fourth-order valence-electron chi connectivity index (χ4n) is 3.05. The first-order valence-electron chi connectivity index (χ1n) is 8.36. The van der Waals surface area contributed by atoms with Gasteiger partial charge in [0.2, 0.25) is 5.91 Å². The Kier molecular flexibility index (Phi) is 6.24. The Labute approximate surface area is 128 Å². The quantitative estimate of drug-likeness (QED) is 0.778. The van der Waals surface area contributed by atoms with Crippen molar-refractivity contribution in [1.82, 2.24) is 0 Å². The third-order valence-corrected chi connectivity index (χ3v) is 4.23. The Morgan fingerprint density at radius 1 is 1.19 bits per heavy atom. The second-order valence-corrected chi connectivity index (χ2v) is 6.12. The van der Waals surface area contributed by atoms with Crippen molar-refractivity contribution in [3.05, 3.63) is 29.8 Å². The molecule has 3 nitrogen and oxygen atoms in total. The van der Waals surface area contributed by atoms with Gasteiger partial charge in [-0.25, -0.2) is 0 Å². The molecule has 116 valence electrons. The molecule has 1 unspecified atom stereocenters. The first kappa shape index (κ1) is 16.0. The van der Waals surface area contributed by atoms with Gasteiger partial charge in [-0.3, -0.25) is 4.79 Å². The van der Waals surface area contributed by atoms with E-state index in [2.05, 4.69) is 13.0 Å². The molecule has 1 aliphatic rings. The van der Waals surface area contributed by atoms with Gasteiger partial charge < -0.3 is 10.6 Å². The number of nitrogens with two attached hydrogens (primary N) is 1. The summed E-state index contributed by atoms with van der Waals surface area (Å²) < 4.78 is 0. The average molecular weight is 288 g/mol. The van der Waals surface area contributed by atoms with Crippen molar-refractivity contribution >= 4 is 11.6 Å². The number of hydrogen-bond donors (Lipinski definition) is 1. The molecule has 0 saturated carbocycles. The van der Waals surface area contributed by atoms with Crippen LogP contribution in [-0.4, -0.2) is 18.5 Å². The fraction of sp³-hybridized carbons (Fsp3) is 0.611. The van der Waals surface area contributed by atoms with E-state index in [1.54, 1.807) is 0 Å². The summed E-state index contributed by atoms with van der Waals surface area (Å²) in [5, 5.41) is 0. The summed E-state index contributed by atoms with van der Waals surface area (Å²) in [7, 11) is 0. The number of amides is 1. The van der Waals surface area contributed by atoms with E-state index in [0.29, 0.717) is 13.0 Å². The van der Waals surface area contributed by atoms with Crippen LogP contribution in [0.1, 0.15) is 57.4 Å². The summed E-state index contributed by atoms with van der Waals surface area (Å²) in [6.45, 7) is 2.88. The number of fused-ring (bicyclic) bond motifs is 1. The second kappa shape index (κ2) is 8.18. The van der Waals surface area contributed by atoms with Crippen LogP contribution in [0.5, 0.6) is 0 Å². The van der Waals surface area contributed by atoms with Gasteiger partial charge in [-0.05, 0) is 24.5 Å². The summed E-state index contributed by atoms with van der Waals surface area (Å²) in [6, 6.07) is 8.21. The molecule has 1 aliphatic heterocycles. The van der Waals surface area contributed by atoms with Crippen molar-refractivity contribution in [2.75, 3.05) is 11.4 Å². The summed E-state index contributed by atoms with van der Waals surface area (Å²) in [5.74, 6) is 0.230. The van der Waals surface area contributed by atoms with Crippen molar-refractivity contribution in [1.29, 1.82) is 0 Å². The van der Waals surface area contributed by atoms with E-state index < -0.39 is 0 Å². The number of nitrogens with zero attached hydrogens (tertiary/aromatic N) is 1. The van der Waals surface area contributed by atoms with Crippen molar-refractivity contribution in [2.24, 2.45) is 5.73 Å². The Bertz CT molecular complexity index is 458. The maximum atomic E-state index is 12.5. The topological polar surface area (TPSA) is 46.3 Å². The van der Waals surface area contributed by atoms with E-state index >= 15 is 0 Å². The van der Waals surface area contributed by atoms with E-state index in [9.17, 15) is 4.79 Å². The van der Waals surface area contributed by atoms with Crippen LogP contribution < -0.4 is 10.6 Å². The van der Waals surface area contributed by atoms with Crippen LogP contribution in [0.2, 0.25) is 0 Å². The van der Waals surface area contributed by atoms with Gasteiger partial charge in [-0.1, -0.05) is 57.2 Å². The average Bonchev–Trinajstić information content (AvgIpc) is 2.49. The maximum Gasteiger partial charge on any atom is 0.227 e. The number of para-hydroxylation sites is 1. The van der Waals surface area contributed by atoms with Gasteiger partial charge >= 0.3 is 0 Å². The molecule has 0 aliphatic carbocycles. The maximum absolute atomic E-state index is 12.5. The Morgan fingerprint density at radius 2 is 1.90 bits per heavy atom. The highest BCUT2D eigenvalue weighted by Crippen LogP contribution is 2.27. The first-order valence-corrected chi connectivity index (χ1v) is 8.36. The molecule has 1 aromatic rings. The number of rotatable bonds is 7. The van der Waals surface area contributed by atoms with Crippen LogP contribution >= 0.6 is 0 Å². The van der Waals surface area contributed by atoms with Gasteiger partial charge in [0.1, 0.15) is 0 Å². The van der Waals surface area contributed by atoms with Crippen LogP contribution in [0.3, 0.4) is 0 Å². The van der Waals surface area contributed by atoms with Gasteiger partial charge in [0, 0.05) is 24.7 Å². The predicted molar refractivity (Wildman–Crippen MR) is 88.5 cm³/mol. The number of unbranched alkanes of at least 4 members (excludes halogenated alkanes) is 5. The molecule has 0 bridgehead atoms. The summed E-state index contributed by atoms with van der Waals surface area (Å²) in [6.07, 6.45) is 8.79. The van der Waals surface area contributed by atoms with E-state index in [4.69, 9.17) is 5.73 Å².